The second kappa shape index (κ2) is 9.38. The molecule has 142 valence electrons. The van der Waals surface area contributed by atoms with Crippen molar-refractivity contribution in [2.24, 2.45) is 0 Å². The lowest BCUT2D eigenvalue weighted by Gasteiger charge is -2.19. The van der Waals surface area contributed by atoms with Gasteiger partial charge in [-0.1, -0.05) is 12.1 Å². The van der Waals surface area contributed by atoms with Crippen LogP contribution in [0.5, 0.6) is 5.75 Å². The van der Waals surface area contributed by atoms with E-state index in [1.165, 1.54) is 6.07 Å². The van der Waals surface area contributed by atoms with E-state index in [2.05, 4.69) is 5.32 Å². The van der Waals surface area contributed by atoms with Gasteiger partial charge in [0, 0.05) is 29.9 Å². The third kappa shape index (κ3) is 5.57. The molecule has 0 aliphatic heterocycles. The number of carboxylic acid groups (broad SMARTS) is 1. The van der Waals surface area contributed by atoms with E-state index in [4.69, 9.17) is 9.84 Å². The minimum absolute atomic E-state index is 0.0971. The molecule has 27 heavy (non-hydrogen) atoms. The number of benzene rings is 2. The Bertz CT molecular complexity index is 831. The maximum absolute atomic E-state index is 12.5. The fourth-order valence-corrected chi connectivity index (χ4v) is 2.50. The zero-order valence-corrected chi connectivity index (χ0v) is 15.3. The van der Waals surface area contributed by atoms with Crippen LogP contribution in [-0.2, 0) is 4.79 Å². The van der Waals surface area contributed by atoms with Gasteiger partial charge in [-0.3, -0.25) is 9.59 Å². The van der Waals surface area contributed by atoms with Gasteiger partial charge >= 0.3 is 5.97 Å². The van der Waals surface area contributed by atoms with E-state index >= 15 is 0 Å². The van der Waals surface area contributed by atoms with Crippen molar-refractivity contribution in [1.82, 2.24) is 4.90 Å². The van der Waals surface area contributed by atoms with E-state index < -0.39 is 12.6 Å². The zero-order chi connectivity index (χ0) is 19.8. The van der Waals surface area contributed by atoms with Crippen LogP contribution in [0.25, 0.3) is 0 Å². The van der Waals surface area contributed by atoms with Gasteiger partial charge in [0.2, 0.25) is 0 Å². The highest BCUT2D eigenvalue weighted by Crippen LogP contribution is 2.17. The first-order valence-corrected chi connectivity index (χ1v) is 8.60. The summed E-state index contributed by atoms with van der Waals surface area (Å²) in [6.45, 7) is 4.55. The average molecular weight is 370 g/mol. The second-order valence-corrected chi connectivity index (χ2v) is 5.72. The molecular weight excluding hydrogens is 348 g/mol. The molecule has 0 fully saturated rings. The Morgan fingerprint density at radius 1 is 1.00 bits per heavy atom. The van der Waals surface area contributed by atoms with Gasteiger partial charge in [-0.15, -0.1) is 0 Å². The summed E-state index contributed by atoms with van der Waals surface area (Å²) in [5, 5.41) is 11.4. The Morgan fingerprint density at radius 3 is 2.33 bits per heavy atom. The van der Waals surface area contributed by atoms with Crippen molar-refractivity contribution in [3.05, 3.63) is 59.7 Å². The van der Waals surface area contributed by atoms with Crippen molar-refractivity contribution >= 4 is 23.5 Å². The van der Waals surface area contributed by atoms with Gasteiger partial charge in [-0.2, -0.15) is 0 Å². The molecule has 0 heterocycles. The predicted molar refractivity (Wildman–Crippen MR) is 101 cm³/mol. The Hall–Kier alpha value is -3.35. The van der Waals surface area contributed by atoms with Crippen molar-refractivity contribution in [1.29, 1.82) is 0 Å². The van der Waals surface area contributed by atoms with Crippen LogP contribution < -0.4 is 10.1 Å². The summed E-state index contributed by atoms with van der Waals surface area (Å²) >= 11 is 0. The van der Waals surface area contributed by atoms with Crippen molar-refractivity contribution in [2.75, 3.05) is 25.0 Å². The molecule has 0 radical (unpaired) electrons. The van der Waals surface area contributed by atoms with Crippen LogP contribution in [0.3, 0.4) is 0 Å². The van der Waals surface area contributed by atoms with Gasteiger partial charge in [0.1, 0.15) is 5.75 Å². The number of carboxylic acids is 1. The first-order valence-electron chi connectivity index (χ1n) is 8.60. The van der Waals surface area contributed by atoms with Crippen LogP contribution in [0.2, 0.25) is 0 Å². The summed E-state index contributed by atoms with van der Waals surface area (Å²) in [6, 6.07) is 13.0. The van der Waals surface area contributed by atoms with Crippen LogP contribution in [0.4, 0.5) is 5.69 Å². The number of anilines is 1. The maximum Gasteiger partial charge on any atom is 0.341 e. The number of hydrogen-bond acceptors (Lipinski definition) is 4. The molecule has 0 saturated heterocycles. The molecule has 0 aliphatic carbocycles. The summed E-state index contributed by atoms with van der Waals surface area (Å²) in [7, 11) is 0. The van der Waals surface area contributed by atoms with Gasteiger partial charge < -0.3 is 20.1 Å². The quantitative estimate of drug-likeness (QED) is 0.745. The molecule has 2 aromatic rings. The lowest BCUT2D eigenvalue weighted by atomic mass is 10.1. The van der Waals surface area contributed by atoms with Gasteiger partial charge in [0.25, 0.3) is 11.8 Å². The molecule has 0 saturated carbocycles. The Labute approximate surface area is 157 Å². The first-order chi connectivity index (χ1) is 12.9. The molecule has 7 nitrogen and oxygen atoms in total. The monoisotopic (exact) mass is 370 g/mol. The topological polar surface area (TPSA) is 95.9 Å². The van der Waals surface area contributed by atoms with Crippen molar-refractivity contribution < 1.29 is 24.2 Å². The van der Waals surface area contributed by atoms with E-state index in [0.29, 0.717) is 29.9 Å². The van der Waals surface area contributed by atoms with E-state index in [0.717, 1.165) is 0 Å². The third-order valence-electron chi connectivity index (χ3n) is 3.88. The number of carbonyl (C=O) groups is 3. The van der Waals surface area contributed by atoms with Crippen LogP contribution in [0.15, 0.2) is 48.5 Å². The highest BCUT2D eigenvalue weighted by Gasteiger charge is 2.14. The van der Waals surface area contributed by atoms with Crippen LogP contribution in [0, 0.1) is 0 Å². The molecule has 2 aromatic carbocycles. The molecule has 7 heteroatoms. The molecule has 2 amide bonds. The fourth-order valence-electron chi connectivity index (χ4n) is 2.50. The van der Waals surface area contributed by atoms with E-state index in [1.54, 1.807) is 47.4 Å². The normalized spacial score (nSPS) is 10.1. The number of aliphatic carboxylic acids is 1. The fraction of sp³-hybridized carbons (Fsp3) is 0.250. The number of nitrogens with zero attached hydrogens (tertiary/aromatic N) is 1. The van der Waals surface area contributed by atoms with Crippen molar-refractivity contribution in [3.8, 4) is 5.75 Å². The lowest BCUT2D eigenvalue weighted by Crippen LogP contribution is -2.30. The molecule has 0 unspecified atom stereocenters. The maximum atomic E-state index is 12.5. The number of amides is 2. The molecule has 0 aromatic heterocycles. The molecule has 0 spiro atoms. The van der Waals surface area contributed by atoms with E-state index in [1.807, 2.05) is 13.8 Å². The van der Waals surface area contributed by atoms with E-state index in [-0.39, 0.29) is 17.6 Å². The molecule has 2 N–H and O–H groups in total. The largest absolute Gasteiger partial charge is 0.482 e. The van der Waals surface area contributed by atoms with Crippen molar-refractivity contribution in [3.63, 3.8) is 0 Å². The van der Waals surface area contributed by atoms with E-state index in [9.17, 15) is 14.4 Å². The summed E-state index contributed by atoms with van der Waals surface area (Å²) < 4.78 is 5.08. The molecule has 0 bridgehead atoms. The number of ether oxygens (including phenoxy) is 1. The third-order valence-corrected chi connectivity index (χ3v) is 3.88. The number of nitrogens with one attached hydrogen (secondary N) is 1. The molecule has 0 aliphatic rings. The standard InChI is InChI=1S/C20H22N2O5/c1-3-22(4-2)20(26)15-8-5-9-16(11-15)21-19(25)14-7-6-10-17(12-14)27-13-18(23)24/h5-12H,3-4,13H2,1-2H3,(H,21,25)(H,23,24). The average Bonchev–Trinajstić information content (AvgIpc) is 2.67. The van der Waals surface area contributed by atoms with Gasteiger partial charge in [0.15, 0.2) is 6.61 Å². The van der Waals surface area contributed by atoms with Crippen LogP contribution in [0.1, 0.15) is 34.6 Å². The lowest BCUT2D eigenvalue weighted by molar-refractivity contribution is -0.139. The Morgan fingerprint density at radius 2 is 1.67 bits per heavy atom. The molecule has 2 rings (SSSR count). The minimum Gasteiger partial charge on any atom is -0.482 e. The van der Waals surface area contributed by atoms with Gasteiger partial charge in [-0.05, 0) is 50.2 Å². The number of hydrogen-bond donors (Lipinski definition) is 2. The smallest absolute Gasteiger partial charge is 0.341 e. The molecule has 0 atom stereocenters. The van der Waals surface area contributed by atoms with Crippen molar-refractivity contribution in [2.45, 2.75) is 13.8 Å². The van der Waals surface area contributed by atoms with Gasteiger partial charge in [0.05, 0.1) is 0 Å². The summed E-state index contributed by atoms with van der Waals surface area (Å²) in [5.41, 5.74) is 1.31. The van der Waals surface area contributed by atoms with Crippen LogP contribution >= 0.6 is 0 Å². The molecular formula is C20H22N2O5. The highest BCUT2D eigenvalue weighted by atomic mass is 16.5. The SMILES string of the molecule is CCN(CC)C(=O)c1cccc(NC(=O)c2cccc(OCC(=O)O)c2)c1. The second-order valence-electron chi connectivity index (χ2n) is 5.72. The predicted octanol–water partition coefficient (Wildman–Crippen LogP) is 2.88. The zero-order valence-electron chi connectivity index (χ0n) is 15.3. The minimum atomic E-state index is -1.10. The number of carbonyl (C=O) groups excluding carboxylic acids is 2. The Kier molecular flexibility index (Phi) is 6.93. The van der Waals surface area contributed by atoms with Crippen LogP contribution in [-0.4, -0.2) is 47.5 Å². The highest BCUT2D eigenvalue weighted by molar-refractivity contribution is 6.05. The van der Waals surface area contributed by atoms with Gasteiger partial charge in [-0.25, -0.2) is 4.79 Å². The summed E-state index contributed by atoms with van der Waals surface area (Å²) in [6.07, 6.45) is 0. The first kappa shape index (κ1) is 20.0. The Balaban J connectivity index is 2.12. The summed E-state index contributed by atoms with van der Waals surface area (Å²) in [5.74, 6) is -1.29. The number of rotatable bonds is 8. The summed E-state index contributed by atoms with van der Waals surface area (Å²) in [4.78, 5) is 37.2.